The number of ether oxygens (including phenoxy) is 1. The Morgan fingerprint density at radius 1 is 1.54 bits per heavy atom. The number of aromatic amines is 1. The molecule has 0 amide bonds. The number of hydrogen-bond donors (Lipinski definition) is 1. The molecular formula is C9H9ClN2O. The van der Waals surface area contributed by atoms with Gasteiger partial charge in [0.2, 0.25) is 0 Å². The van der Waals surface area contributed by atoms with E-state index in [1.54, 1.807) is 6.07 Å². The summed E-state index contributed by atoms with van der Waals surface area (Å²) in [6, 6.07) is 6.11. The number of aromatic nitrogens is 2. The quantitative estimate of drug-likeness (QED) is 0.802. The van der Waals surface area contributed by atoms with E-state index in [-0.39, 0.29) is 0 Å². The van der Waals surface area contributed by atoms with Gasteiger partial charge in [0.15, 0.2) is 0 Å². The molecule has 1 aromatic heterocycles. The predicted molar refractivity (Wildman–Crippen MR) is 52.3 cm³/mol. The maximum absolute atomic E-state index is 5.93. The SMILES string of the molecule is CCOc1nc2c(Cl)cccc2[nH]1. The van der Waals surface area contributed by atoms with Crippen LogP contribution in [0.3, 0.4) is 0 Å². The lowest BCUT2D eigenvalue weighted by atomic mass is 10.3. The maximum Gasteiger partial charge on any atom is 0.294 e. The topological polar surface area (TPSA) is 37.9 Å². The molecule has 0 aliphatic carbocycles. The van der Waals surface area contributed by atoms with Crippen molar-refractivity contribution in [2.24, 2.45) is 0 Å². The highest BCUT2D eigenvalue weighted by atomic mass is 35.5. The summed E-state index contributed by atoms with van der Waals surface area (Å²) in [7, 11) is 0. The molecule has 0 atom stereocenters. The summed E-state index contributed by atoms with van der Waals surface area (Å²) in [5, 5.41) is 0.639. The van der Waals surface area contributed by atoms with Gasteiger partial charge in [-0.05, 0) is 19.1 Å². The molecule has 13 heavy (non-hydrogen) atoms. The van der Waals surface area contributed by atoms with Crippen LogP contribution >= 0.6 is 11.6 Å². The van der Waals surface area contributed by atoms with Crippen LogP contribution in [0.4, 0.5) is 0 Å². The standard InChI is InChI=1S/C9H9ClN2O/c1-2-13-9-11-7-5-3-4-6(10)8(7)12-9/h3-5H,2H2,1H3,(H,11,12). The minimum atomic E-state index is 0.519. The van der Waals surface area contributed by atoms with Crippen LogP contribution in [-0.4, -0.2) is 16.6 Å². The van der Waals surface area contributed by atoms with Gasteiger partial charge in [0, 0.05) is 0 Å². The number of imidazole rings is 1. The average molecular weight is 197 g/mol. The first-order chi connectivity index (χ1) is 6.31. The minimum absolute atomic E-state index is 0.519. The lowest BCUT2D eigenvalue weighted by molar-refractivity contribution is 0.317. The number of fused-ring (bicyclic) bond motifs is 1. The van der Waals surface area contributed by atoms with Gasteiger partial charge in [-0.1, -0.05) is 17.7 Å². The molecule has 0 spiro atoms. The van der Waals surface area contributed by atoms with Crippen LogP contribution in [-0.2, 0) is 0 Å². The molecule has 0 radical (unpaired) electrons. The molecule has 2 rings (SSSR count). The summed E-state index contributed by atoms with van der Waals surface area (Å²) < 4.78 is 5.22. The Morgan fingerprint density at radius 2 is 2.38 bits per heavy atom. The van der Waals surface area contributed by atoms with Gasteiger partial charge in [0.25, 0.3) is 6.01 Å². The third-order valence-electron chi connectivity index (χ3n) is 1.72. The summed E-state index contributed by atoms with van der Waals surface area (Å²) in [4.78, 5) is 7.21. The van der Waals surface area contributed by atoms with Crippen molar-refractivity contribution in [1.29, 1.82) is 0 Å². The van der Waals surface area contributed by atoms with Gasteiger partial charge in [-0.15, -0.1) is 0 Å². The zero-order chi connectivity index (χ0) is 9.26. The van der Waals surface area contributed by atoms with Crippen LogP contribution in [0.25, 0.3) is 11.0 Å². The Labute approximate surface area is 80.7 Å². The first-order valence-electron chi connectivity index (χ1n) is 4.08. The monoisotopic (exact) mass is 196 g/mol. The van der Waals surface area contributed by atoms with Crippen molar-refractivity contribution in [3.05, 3.63) is 23.2 Å². The second-order valence-electron chi connectivity index (χ2n) is 2.61. The van der Waals surface area contributed by atoms with Gasteiger partial charge in [-0.3, -0.25) is 0 Å². The van der Waals surface area contributed by atoms with Crippen LogP contribution in [0.2, 0.25) is 5.02 Å². The number of H-pyrrole nitrogens is 1. The number of rotatable bonds is 2. The Bertz CT molecular complexity index is 424. The normalized spacial score (nSPS) is 10.6. The fourth-order valence-electron chi connectivity index (χ4n) is 1.18. The van der Waals surface area contributed by atoms with E-state index in [9.17, 15) is 0 Å². The summed E-state index contributed by atoms with van der Waals surface area (Å²) in [5.74, 6) is 0. The molecule has 0 fully saturated rings. The van der Waals surface area contributed by atoms with Crippen LogP contribution in [0.1, 0.15) is 6.92 Å². The number of benzene rings is 1. The van der Waals surface area contributed by atoms with E-state index in [0.29, 0.717) is 17.6 Å². The molecule has 0 bridgehead atoms. The van der Waals surface area contributed by atoms with Gasteiger partial charge < -0.3 is 9.72 Å². The molecule has 1 heterocycles. The van der Waals surface area contributed by atoms with Crippen molar-refractivity contribution >= 4 is 22.6 Å². The van der Waals surface area contributed by atoms with Crippen LogP contribution in [0.15, 0.2) is 18.2 Å². The second kappa shape index (κ2) is 3.26. The summed E-state index contributed by atoms with van der Waals surface area (Å²) in [6.07, 6.45) is 0. The molecular weight excluding hydrogens is 188 g/mol. The van der Waals surface area contributed by atoms with Gasteiger partial charge in [0.05, 0.1) is 17.1 Å². The van der Waals surface area contributed by atoms with Gasteiger partial charge in [-0.2, -0.15) is 4.98 Å². The first-order valence-corrected chi connectivity index (χ1v) is 4.46. The van der Waals surface area contributed by atoms with Crippen molar-refractivity contribution in [1.82, 2.24) is 9.97 Å². The third kappa shape index (κ3) is 1.47. The molecule has 0 saturated carbocycles. The number of halogens is 1. The van der Waals surface area contributed by atoms with Crippen molar-refractivity contribution in [2.45, 2.75) is 6.92 Å². The van der Waals surface area contributed by atoms with Crippen LogP contribution < -0.4 is 4.74 Å². The lowest BCUT2D eigenvalue weighted by Gasteiger charge is -1.93. The van der Waals surface area contributed by atoms with Crippen molar-refractivity contribution < 1.29 is 4.74 Å². The summed E-state index contributed by atoms with van der Waals surface area (Å²) in [6.45, 7) is 2.51. The zero-order valence-electron chi connectivity index (χ0n) is 7.17. The van der Waals surface area contributed by atoms with E-state index in [2.05, 4.69) is 9.97 Å². The lowest BCUT2D eigenvalue weighted by Crippen LogP contribution is -1.92. The number of nitrogens with zero attached hydrogens (tertiary/aromatic N) is 1. The Morgan fingerprint density at radius 3 is 3.08 bits per heavy atom. The molecule has 0 unspecified atom stereocenters. The number of nitrogens with one attached hydrogen (secondary N) is 1. The molecule has 0 aliphatic heterocycles. The fourth-order valence-corrected chi connectivity index (χ4v) is 1.40. The van der Waals surface area contributed by atoms with Gasteiger partial charge in [-0.25, -0.2) is 0 Å². The smallest absolute Gasteiger partial charge is 0.294 e. The van der Waals surface area contributed by atoms with E-state index < -0.39 is 0 Å². The van der Waals surface area contributed by atoms with Crippen molar-refractivity contribution in [3.63, 3.8) is 0 Å². The van der Waals surface area contributed by atoms with E-state index in [0.717, 1.165) is 11.0 Å². The molecule has 0 aliphatic rings. The van der Waals surface area contributed by atoms with Crippen molar-refractivity contribution in [3.8, 4) is 6.01 Å². The highest BCUT2D eigenvalue weighted by molar-refractivity contribution is 6.34. The predicted octanol–water partition coefficient (Wildman–Crippen LogP) is 2.62. The van der Waals surface area contributed by atoms with E-state index in [1.807, 2.05) is 19.1 Å². The van der Waals surface area contributed by atoms with E-state index >= 15 is 0 Å². The molecule has 1 N–H and O–H groups in total. The molecule has 4 heteroatoms. The van der Waals surface area contributed by atoms with Gasteiger partial charge >= 0.3 is 0 Å². The maximum atomic E-state index is 5.93. The molecule has 2 aromatic rings. The van der Waals surface area contributed by atoms with E-state index in [1.165, 1.54) is 0 Å². The van der Waals surface area contributed by atoms with Gasteiger partial charge in [0.1, 0.15) is 5.52 Å². The third-order valence-corrected chi connectivity index (χ3v) is 2.03. The Balaban J connectivity index is 2.55. The molecule has 68 valence electrons. The molecule has 3 nitrogen and oxygen atoms in total. The summed E-state index contributed by atoms with van der Waals surface area (Å²) in [5.41, 5.74) is 1.66. The number of para-hydroxylation sites is 1. The minimum Gasteiger partial charge on any atom is -0.465 e. The Hall–Kier alpha value is -1.22. The largest absolute Gasteiger partial charge is 0.465 e. The van der Waals surface area contributed by atoms with Crippen LogP contribution in [0, 0.1) is 0 Å². The second-order valence-corrected chi connectivity index (χ2v) is 3.02. The number of hydrogen-bond acceptors (Lipinski definition) is 2. The van der Waals surface area contributed by atoms with Crippen LogP contribution in [0.5, 0.6) is 6.01 Å². The van der Waals surface area contributed by atoms with Crippen molar-refractivity contribution in [2.75, 3.05) is 6.61 Å². The highest BCUT2D eigenvalue weighted by Crippen LogP contribution is 2.23. The summed E-state index contributed by atoms with van der Waals surface area (Å²) >= 11 is 5.93. The fraction of sp³-hybridized carbons (Fsp3) is 0.222. The molecule has 0 saturated heterocycles. The average Bonchev–Trinajstić information content (AvgIpc) is 2.49. The van der Waals surface area contributed by atoms with E-state index in [4.69, 9.17) is 16.3 Å². The zero-order valence-corrected chi connectivity index (χ0v) is 7.93. The highest BCUT2D eigenvalue weighted by Gasteiger charge is 2.05. The molecule has 1 aromatic carbocycles. The Kier molecular flexibility index (Phi) is 2.10. The first kappa shape index (κ1) is 8.38.